The van der Waals surface area contributed by atoms with Crippen LogP contribution < -0.4 is 30.3 Å². The van der Waals surface area contributed by atoms with Crippen LogP contribution in [0.5, 0.6) is 17.2 Å². The lowest BCUT2D eigenvalue weighted by Crippen LogP contribution is -2.45. The molecule has 3 aromatic rings. The number of allylic oxidation sites excluding steroid dienone is 1. The van der Waals surface area contributed by atoms with Crippen LogP contribution in [0.3, 0.4) is 0 Å². The van der Waals surface area contributed by atoms with Crippen molar-refractivity contribution in [3.8, 4) is 17.2 Å². The summed E-state index contributed by atoms with van der Waals surface area (Å²) < 4.78 is 24.1. The topological polar surface area (TPSA) is 140 Å². The van der Waals surface area contributed by atoms with E-state index >= 15 is 0 Å². The number of methoxy groups -OCH3 is 1. The Hall–Kier alpha value is -4.07. The number of esters is 1. The number of nitrogens with zero attached hydrogens (tertiary/aromatic N) is 1. The highest BCUT2D eigenvalue weighted by atomic mass is 79.9. The quantitative estimate of drug-likeness (QED) is 0.0803. The average Bonchev–Trinajstić information content (AvgIpc) is 3.00. The molecule has 4 N–H and O–H groups in total. The van der Waals surface area contributed by atoms with Crippen LogP contribution in [0.25, 0.3) is 0 Å². The number of carbonyl (C=O) groups excluding carboxylic acids is 2. The summed E-state index contributed by atoms with van der Waals surface area (Å²) in [6, 6.07) is 17.3. The molecule has 1 heterocycles. The Morgan fingerprint density at radius 1 is 1.05 bits per heavy atom. The first kappa shape index (κ1) is 32.8. The van der Waals surface area contributed by atoms with E-state index in [0.717, 1.165) is 20.1 Å². The summed E-state index contributed by atoms with van der Waals surface area (Å²) in [4.78, 5) is 24.6. The Morgan fingerprint density at radius 3 is 2.50 bits per heavy atom. The van der Waals surface area contributed by atoms with Crippen molar-refractivity contribution in [3.05, 3.63) is 97.6 Å². The zero-order valence-electron chi connectivity index (χ0n) is 24.2. The van der Waals surface area contributed by atoms with Gasteiger partial charge in [0.1, 0.15) is 19.0 Å². The SMILES string of the molecule is CCOc1cc([C@@H]2NC(=O)NC(C)=C2C(=O)OC)ccc1OC[C@H](O)N/N=C\c1ccc(OCc2ccc(Br)cc2)c(Br)c1. The van der Waals surface area contributed by atoms with Crippen LogP contribution in [0, 0.1) is 0 Å². The molecule has 0 unspecified atom stereocenters. The molecule has 0 aromatic heterocycles. The van der Waals surface area contributed by atoms with E-state index in [-0.39, 0.29) is 12.2 Å². The van der Waals surface area contributed by atoms with Gasteiger partial charge in [0.15, 0.2) is 17.7 Å². The second kappa shape index (κ2) is 15.6. The van der Waals surface area contributed by atoms with Crippen LogP contribution in [-0.2, 0) is 16.1 Å². The molecule has 0 spiro atoms. The lowest BCUT2D eigenvalue weighted by Gasteiger charge is -2.28. The van der Waals surface area contributed by atoms with Gasteiger partial charge >= 0.3 is 12.0 Å². The summed E-state index contributed by atoms with van der Waals surface area (Å²) in [5, 5.41) is 19.9. The predicted octanol–water partition coefficient (Wildman–Crippen LogP) is 5.31. The van der Waals surface area contributed by atoms with Gasteiger partial charge in [-0.1, -0.05) is 34.1 Å². The summed E-state index contributed by atoms with van der Waals surface area (Å²) >= 11 is 6.95. The highest BCUT2D eigenvalue weighted by molar-refractivity contribution is 9.10. The second-order valence-electron chi connectivity index (χ2n) is 9.52. The molecule has 4 rings (SSSR count). The van der Waals surface area contributed by atoms with E-state index in [0.29, 0.717) is 41.7 Å². The van der Waals surface area contributed by atoms with E-state index in [2.05, 4.69) is 53.0 Å². The number of halogens is 2. The Balaban J connectivity index is 1.34. The molecule has 1 aliphatic heterocycles. The minimum atomic E-state index is -1.13. The van der Waals surface area contributed by atoms with Gasteiger partial charge in [-0.2, -0.15) is 5.10 Å². The molecular formula is C31H32Br2N4O7. The number of ether oxygens (including phenoxy) is 4. The number of aliphatic hydroxyl groups is 1. The van der Waals surface area contributed by atoms with E-state index in [1.807, 2.05) is 49.4 Å². The summed E-state index contributed by atoms with van der Waals surface area (Å²) in [5.41, 5.74) is 5.72. The maximum absolute atomic E-state index is 12.4. The van der Waals surface area contributed by atoms with E-state index in [9.17, 15) is 14.7 Å². The Morgan fingerprint density at radius 2 is 1.80 bits per heavy atom. The number of carbonyl (C=O) groups is 2. The van der Waals surface area contributed by atoms with E-state index < -0.39 is 24.3 Å². The molecule has 232 valence electrons. The minimum Gasteiger partial charge on any atom is -0.490 e. The van der Waals surface area contributed by atoms with Gasteiger partial charge in [-0.15, -0.1) is 0 Å². The molecule has 0 radical (unpaired) electrons. The van der Waals surface area contributed by atoms with Crippen LogP contribution >= 0.6 is 31.9 Å². The van der Waals surface area contributed by atoms with Crippen LogP contribution in [0.4, 0.5) is 4.79 Å². The van der Waals surface area contributed by atoms with Gasteiger partial charge in [-0.25, -0.2) is 9.59 Å². The second-order valence-corrected chi connectivity index (χ2v) is 11.3. The Kier molecular flexibility index (Phi) is 11.6. The lowest BCUT2D eigenvalue weighted by atomic mass is 9.95. The van der Waals surface area contributed by atoms with Crippen molar-refractivity contribution in [2.45, 2.75) is 32.7 Å². The number of benzene rings is 3. The molecule has 13 heteroatoms. The fourth-order valence-corrected chi connectivity index (χ4v) is 5.05. The molecule has 1 aliphatic rings. The third-order valence-corrected chi connectivity index (χ3v) is 7.52. The van der Waals surface area contributed by atoms with Crippen molar-refractivity contribution in [1.82, 2.24) is 16.1 Å². The largest absolute Gasteiger partial charge is 0.490 e. The number of hydrazone groups is 1. The standard InChI is InChI=1S/C31H32Br2N4O7/c1-4-42-26-14-21(29-28(30(39)41-3)18(2)35-31(40)36-29)8-12-25(26)44-17-27(38)37-34-15-20-7-11-24(23(33)13-20)43-16-19-5-9-22(32)10-6-19/h5-15,27,29,37-38H,4,16-17H2,1-3H3,(H2,35,36,40)/b34-15-/t27-,29-/m0/s1. The van der Waals surface area contributed by atoms with Gasteiger partial charge in [0, 0.05) is 10.2 Å². The van der Waals surface area contributed by atoms with Crippen molar-refractivity contribution in [2.24, 2.45) is 5.10 Å². The molecule has 0 aliphatic carbocycles. The zero-order chi connectivity index (χ0) is 31.6. The number of hydrogen-bond donors (Lipinski definition) is 4. The van der Waals surface area contributed by atoms with Gasteiger partial charge in [-0.3, -0.25) is 5.43 Å². The third kappa shape index (κ3) is 8.74. The van der Waals surface area contributed by atoms with Crippen LogP contribution in [0.15, 0.2) is 86.0 Å². The molecule has 0 bridgehead atoms. The average molecular weight is 732 g/mol. The summed E-state index contributed by atoms with van der Waals surface area (Å²) in [7, 11) is 1.28. The van der Waals surface area contributed by atoms with Crippen molar-refractivity contribution < 1.29 is 33.6 Å². The van der Waals surface area contributed by atoms with Crippen LogP contribution in [-0.4, -0.2) is 49.9 Å². The van der Waals surface area contributed by atoms with Crippen molar-refractivity contribution in [2.75, 3.05) is 20.3 Å². The van der Waals surface area contributed by atoms with Crippen molar-refractivity contribution >= 4 is 50.1 Å². The number of urea groups is 1. The minimum absolute atomic E-state index is 0.139. The number of hydrogen-bond acceptors (Lipinski definition) is 9. The molecule has 0 saturated heterocycles. The van der Waals surface area contributed by atoms with Gasteiger partial charge in [0.25, 0.3) is 0 Å². The number of aliphatic hydroxyl groups excluding tert-OH is 1. The molecule has 44 heavy (non-hydrogen) atoms. The Labute approximate surface area is 271 Å². The fourth-order valence-electron chi connectivity index (χ4n) is 4.28. The first-order chi connectivity index (χ1) is 21.2. The van der Waals surface area contributed by atoms with E-state index in [1.54, 1.807) is 31.3 Å². The maximum atomic E-state index is 12.4. The number of nitrogens with one attached hydrogen (secondary N) is 3. The monoisotopic (exact) mass is 730 g/mol. The Bertz CT molecular complexity index is 1550. The van der Waals surface area contributed by atoms with E-state index in [4.69, 9.17) is 18.9 Å². The van der Waals surface area contributed by atoms with Crippen LogP contribution in [0.1, 0.15) is 36.6 Å². The van der Waals surface area contributed by atoms with Gasteiger partial charge in [0.2, 0.25) is 0 Å². The normalized spacial score (nSPS) is 15.3. The number of amides is 2. The summed E-state index contributed by atoms with van der Waals surface area (Å²) in [6.07, 6.45) is 0.437. The van der Waals surface area contributed by atoms with Crippen molar-refractivity contribution in [3.63, 3.8) is 0 Å². The van der Waals surface area contributed by atoms with Gasteiger partial charge in [-0.05, 0) is 88.9 Å². The highest BCUT2D eigenvalue weighted by Crippen LogP contribution is 2.35. The third-order valence-electron chi connectivity index (χ3n) is 6.37. The summed E-state index contributed by atoms with van der Waals surface area (Å²) in [6.45, 7) is 4.08. The van der Waals surface area contributed by atoms with Crippen molar-refractivity contribution in [1.29, 1.82) is 0 Å². The maximum Gasteiger partial charge on any atom is 0.337 e. The number of rotatable bonds is 13. The molecule has 11 nitrogen and oxygen atoms in total. The first-order valence-electron chi connectivity index (χ1n) is 13.6. The van der Waals surface area contributed by atoms with Gasteiger partial charge in [0.05, 0.1) is 36.0 Å². The predicted molar refractivity (Wildman–Crippen MR) is 172 cm³/mol. The molecule has 0 saturated carbocycles. The molecule has 2 amide bonds. The van der Waals surface area contributed by atoms with E-state index in [1.165, 1.54) is 7.11 Å². The first-order valence-corrected chi connectivity index (χ1v) is 15.2. The highest BCUT2D eigenvalue weighted by Gasteiger charge is 2.32. The summed E-state index contributed by atoms with van der Waals surface area (Å²) in [5.74, 6) is 0.866. The molecular weight excluding hydrogens is 700 g/mol. The van der Waals surface area contributed by atoms with Gasteiger partial charge < -0.3 is 34.7 Å². The van der Waals surface area contributed by atoms with Crippen LogP contribution in [0.2, 0.25) is 0 Å². The lowest BCUT2D eigenvalue weighted by molar-refractivity contribution is -0.136. The molecule has 2 atom stereocenters. The molecule has 3 aromatic carbocycles. The zero-order valence-corrected chi connectivity index (χ0v) is 27.4. The molecule has 0 fully saturated rings. The fraction of sp³-hybridized carbons (Fsp3) is 0.258. The smallest absolute Gasteiger partial charge is 0.337 e.